The number of phenols is 1. The molecular weight excluding hydrogens is 802 g/mol. The van der Waals surface area contributed by atoms with Crippen molar-refractivity contribution in [1.29, 1.82) is 0 Å². The lowest BCUT2D eigenvalue weighted by atomic mass is 9.68. The number of carbonyl (C=O) groups is 3. The summed E-state index contributed by atoms with van der Waals surface area (Å²) in [6, 6.07) is 25.8. The molecule has 306 valence electrons. The largest absolute Gasteiger partial charge is 0.507 e. The maximum atomic E-state index is 14.1. The van der Waals surface area contributed by atoms with Crippen LogP contribution in [0.4, 0.5) is 0 Å². The number of nitrogens with zero attached hydrogens (tertiary/aromatic N) is 1. The number of aliphatic hydroxyl groups excluding tert-OH is 2. The van der Waals surface area contributed by atoms with Gasteiger partial charge in [0.05, 0.1) is 31.2 Å². The number of carbonyl (C=O) groups excluding carboxylic acids is 2. The molecule has 0 bridgehead atoms. The number of imide groups is 1. The number of aliphatic hydroxyl groups is 2. The smallest absolute Gasteiger partial charge is 0.303 e. The molecule has 4 atom stereocenters. The van der Waals surface area contributed by atoms with Crippen molar-refractivity contribution in [2.75, 3.05) is 19.8 Å². The van der Waals surface area contributed by atoms with Gasteiger partial charge in [0.1, 0.15) is 5.75 Å². The second kappa shape index (κ2) is 19.7. The number of hydrogen-bond donors (Lipinski definition) is 4. The molecule has 1 heterocycles. The van der Waals surface area contributed by atoms with Crippen LogP contribution >= 0.6 is 15.9 Å². The third kappa shape index (κ3) is 10.1. The summed E-state index contributed by atoms with van der Waals surface area (Å²) in [4.78, 5) is 40.6. The lowest BCUT2D eigenvalue weighted by molar-refractivity contribution is -0.141. The number of allylic oxidation sites excluding steroid dienone is 1. The van der Waals surface area contributed by atoms with Crippen molar-refractivity contribution in [1.82, 2.24) is 4.90 Å². The summed E-state index contributed by atoms with van der Waals surface area (Å²) in [5, 5.41) is 44.9. The van der Waals surface area contributed by atoms with Crippen LogP contribution in [0, 0.1) is 17.8 Å². The van der Waals surface area contributed by atoms with Crippen LogP contribution in [0.15, 0.2) is 100 Å². The third-order valence-electron chi connectivity index (χ3n) is 11.6. The fourth-order valence-corrected chi connectivity index (χ4v) is 13.9. The van der Waals surface area contributed by atoms with Crippen LogP contribution in [-0.4, -0.2) is 77.3 Å². The number of hydrogen-bond acceptors (Lipinski definition) is 7. The molecule has 0 radical (unpaired) electrons. The van der Waals surface area contributed by atoms with Crippen molar-refractivity contribution in [3.05, 3.63) is 106 Å². The molecule has 3 aromatic rings. The predicted octanol–water partition coefficient (Wildman–Crippen LogP) is 7.61. The number of halogens is 1. The SMILES string of the molecule is CCC/C(=C\c1cc(Br)ccc1O)CC[C@@H](O)C1=C(CO[Si](c2ccccc2)(c2ccccc2)C(C)(C)C)C[C@H]2C(=O)N(CCCCCC(=O)O)C(=O)[C@H]2[C@H]1CO. The van der Waals surface area contributed by atoms with Crippen molar-refractivity contribution in [3.63, 3.8) is 0 Å². The Hall–Kier alpha value is -3.87. The monoisotopic (exact) mass is 859 g/mol. The van der Waals surface area contributed by atoms with Gasteiger partial charge in [-0.2, -0.15) is 0 Å². The summed E-state index contributed by atoms with van der Waals surface area (Å²) in [6.07, 6.45) is 5.11. The van der Waals surface area contributed by atoms with Gasteiger partial charge in [0, 0.05) is 28.9 Å². The van der Waals surface area contributed by atoms with Crippen molar-refractivity contribution in [2.24, 2.45) is 17.8 Å². The number of aliphatic carboxylic acids is 1. The molecule has 1 fully saturated rings. The van der Waals surface area contributed by atoms with Crippen LogP contribution in [0.3, 0.4) is 0 Å². The van der Waals surface area contributed by atoms with E-state index in [1.54, 1.807) is 12.1 Å². The topological polar surface area (TPSA) is 145 Å². The van der Waals surface area contributed by atoms with E-state index in [2.05, 4.69) is 67.9 Å². The fraction of sp³-hybridized carbons (Fsp3) is 0.457. The first kappa shape index (κ1) is 44.2. The molecule has 0 saturated carbocycles. The number of rotatable bonds is 19. The Balaban J connectivity index is 1.54. The standard InChI is InChI=1S/C46H58BrNO8Si/c1-5-15-31(26-32-27-34(47)22-24-39(32)50)21-23-40(51)42-33(28-37-43(38(42)29-49)45(55)48(44(37)54)25-14-8-13-20-41(52)53)30-56-57(46(2,3)4,35-16-9-6-10-17-35)36-18-11-7-12-19-36/h6-7,9-12,16-19,22,24,26-27,37-38,40,43,49-51H,5,8,13-15,20-21,23,25,28-30H2,1-4H3,(H,52,53)/b31-26+/t37-,38+,40-,43-/m1/s1. The molecule has 1 aliphatic carbocycles. The van der Waals surface area contributed by atoms with Crippen LogP contribution in [0.5, 0.6) is 5.75 Å². The van der Waals surface area contributed by atoms with Gasteiger partial charge in [-0.3, -0.25) is 19.3 Å². The normalized spacial score (nSPS) is 19.6. The van der Waals surface area contributed by atoms with Crippen LogP contribution in [0.2, 0.25) is 5.04 Å². The van der Waals surface area contributed by atoms with E-state index in [4.69, 9.17) is 9.53 Å². The number of fused-ring (bicyclic) bond motifs is 1. The molecule has 2 aliphatic rings. The summed E-state index contributed by atoms with van der Waals surface area (Å²) in [6.45, 7) is 8.52. The Kier molecular flexibility index (Phi) is 15.3. The third-order valence-corrected chi connectivity index (χ3v) is 17.1. The van der Waals surface area contributed by atoms with Gasteiger partial charge in [-0.25, -0.2) is 0 Å². The van der Waals surface area contributed by atoms with E-state index < -0.39 is 44.8 Å². The van der Waals surface area contributed by atoms with Crippen molar-refractivity contribution < 1.29 is 39.2 Å². The number of likely N-dealkylation sites (tertiary alicyclic amines) is 1. The number of amides is 2. The minimum absolute atomic E-state index is 0.0266. The molecule has 0 unspecified atom stereocenters. The fourth-order valence-electron chi connectivity index (χ4n) is 8.99. The molecule has 57 heavy (non-hydrogen) atoms. The Labute approximate surface area is 346 Å². The number of benzene rings is 3. The maximum Gasteiger partial charge on any atom is 0.303 e. The molecule has 0 aromatic heterocycles. The van der Waals surface area contributed by atoms with E-state index in [0.29, 0.717) is 43.2 Å². The highest BCUT2D eigenvalue weighted by Gasteiger charge is 2.56. The van der Waals surface area contributed by atoms with E-state index in [-0.39, 0.29) is 48.6 Å². The second-order valence-corrected chi connectivity index (χ2v) is 21.7. The van der Waals surface area contributed by atoms with Crippen molar-refractivity contribution in [2.45, 2.75) is 96.6 Å². The molecule has 4 N–H and O–H groups in total. The van der Waals surface area contributed by atoms with Crippen molar-refractivity contribution >= 4 is 58.5 Å². The predicted molar refractivity (Wildman–Crippen MR) is 230 cm³/mol. The van der Waals surface area contributed by atoms with E-state index in [1.807, 2.05) is 48.5 Å². The summed E-state index contributed by atoms with van der Waals surface area (Å²) >= 11 is 3.50. The molecule has 11 heteroatoms. The van der Waals surface area contributed by atoms with E-state index in [0.717, 1.165) is 38.8 Å². The Morgan fingerprint density at radius 1 is 0.947 bits per heavy atom. The minimum Gasteiger partial charge on any atom is -0.507 e. The molecule has 1 aliphatic heterocycles. The van der Waals surface area contributed by atoms with Gasteiger partial charge in [-0.1, -0.05) is 129 Å². The number of phenolic OH excluding ortho intramolecular Hbond substituents is 1. The highest BCUT2D eigenvalue weighted by Crippen LogP contribution is 2.47. The summed E-state index contributed by atoms with van der Waals surface area (Å²) in [5.74, 6) is -3.70. The van der Waals surface area contributed by atoms with E-state index in [1.165, 1.54) is 4.90 Å². The number of carboxylic acids is 1. The van der Waals surface area contributed by atoms with Crippen LogP contribution in [0.25, 0.3) is 6.08 Å². The zero-order chi connectivity index (χ0) is 41.3. The molecule has 5 rings (SSSR count). The molecule has 9 nitrogen and oxygen atoms in total. The van der Waals surface area contributed by atoms with Gasteiger partial charge in [0.15, 0.2) is 0 Å². The van der Waals surface area contributed by atoms with Gasteiger partial charge < -0.3 is 24.9 Å². The first-order valence-corrected chi connectivity index (χ1v) is 22.9. The Bertz CT molecular complexity index is 1890. The quantitative estimate of drug-likeness (QED) is 0.0418. The summed E-state index contributed by atoms with van der Waals surface area (Å²) < 4.78 is 8.22. The van der Waals surface area contributed by atoms with E-state index in [9.17, 15) is 29.7 Å². The summed E-state index contributed by atoms with van der Waals surface area (Å²) in [5.41, 5.74) is 3.03. The zero-order valence-corrected chi connectivity index (χ0v) is 36.2. The number of unbranched alkanes of at least 4 members (excludes halogenated alkanes) is 2. The van der Waals surface area contributed by atoms with Crippen LogP contribution in [0.1, 0.15) is 91.0 Å². The molecule has 2 amide bonds. The second-order valence-electron chi connectivity index (χ2n) is 16.5. The average molecular weight is 861 g/mol. The highest BCUT2D eigenvalue weighted by atomic mass is 79.9. The van der Waals surface area contributed by atoms with Crippen molar-refractivity contribution in [3.8, 4) is 5.75 Å². The minimum atomic E-state index is -3.06. The maximum absolute atomic E-state index is 14.1. The zero-order valence-electron chi connectivity index (χ0n) is 33.6. The highest BCUT2D eigenvalue weighted by molar-refractivity contribution is 9.10. The Morgan fingerprint density at radius 2 is 1.60 bits per heavy atom. The molecule has 0 spiro atoms. The number of carboxylic acid groups (broad SMARTS) is 1. The molecular formula is C46H58BrNO8Si. The van der Waals surface area contributed by atoms with E-state index >= 15 is 0 Å². The first-order valence-electron chi connectivity index (χ1n) is 20.2. The number of aromatic hydroxyl groups is 1. The van der Waals surface area contributed by atoms with Gasteiger partial charge in [0.25, 0.3) is 8.32 Å². The van der Waals surface area contributed by atoms with Crippen LogP contribution in [-0.2, 0) is 18.8 Å². The lowest BCUT2D eigenvalue weighted by Gasteiger charge is -2.44. The lowest BCUT2D eigenvalue weighted by Crippen LogP contribution is -2.66. The first-order chi connectivity index (χ1) is 27.2. The molecule has 1 saturated heterocycles. The van der Waals surface area contributed by atoms with Gasteiger partial charge in [0.2, 0.25) is 11.8 Å². The van der Waals surface area contributed by atoms with Gasteiger partial charge >= 0.3 is 5.97 Å². The molecule has 3 aromatic carbocycles. The Morgan fingerprint density at radius 3 is 2.18 bits per heavy atom. The van der Waals surface area contributed by atoms with Gasteiger partial charge in [-0.05, 0) is 83.3 Å². The van der Waals surface area contributed by atoms with Gasteiger partial charge in [-0.15, -0.1) is 0 Å². The summed E-state index contributed by atoms with van der Waals surface area (Å²) in [7, 11) is -3.06. The average Bonchev–Trinajstić information content (AvgIpc) is 3.42. The van der Waals surface area contributed by atoms with Crippen LogP contribution < -0.4 is 10.4 Å².